The van der Waals surface area contributed by atoms with E-state index in [-0.39, 0.29) is 24.3 Å². The van der Waals surface area contributed by atoms with E-state index in [1.165, 1.54) is 24.8 Å². The Morgan fingerprint density at radius 2 is 1.81 bits per heavy atom. The molecule has 1 saturated carbocycles. The van der Waals surface area contributed by atoms with E-state index in [1.54, 1.807) is 11.0 Å². The highest BCUT2D eigenvalue weighted by atomic mass is 16.5. The highest BCUT2D eigenvalue weighted by Gasteiger charge is 2.39. The number of nitrogens with one attached hydrogen (secondary N) is 1. The third-order valence-corrected chi connectivity index (χ3v) is 9.95. The van der Waals surface area contributed by atoms with Gasteiger partial charge in [-0.05, 0) is 85.4 Å². The summed E-state index contributed by atoms with van der Waals surface area (Å²) in [6, 6.07) is 11.5. The van der Waals surface area contributed by atoms with Crippen LogP contribution < -0.4 is 15.0 Å². The number of carbonyl (C=O) groups is 3. The van der Waals surface area contributed by atoms with E-state index in [0.29, 0.717) is 18.5 Å². The fourth-order valence-electron chi connectivity index (χ4n) is 7.81. The number of nitrogens with zero attached hydrogens (tertiary/aromatic N) is 5. The summed E-state index contributed by atoms with van der Waals surface area (Å²) in [5.74, 6) is 2.37. The second kappa shape index (κ2) is 10.6. The molecule has 5 aliphatic rings. The topological polar surface area (TPSA) is 108 Å². The number of benzene rings is 2. The molecule has 1 aromatic heterocycles. The molecule has 222 valence electrons. The number of hydrogen-bond acceptors (Lipinski definition) is 8. The maximum Gasteiger partial charge on any atom is 0.255 e. The van der Waals surface area contributed by atoms with E-state index in [1.807, 2.05) is 18.3 Å². The van der Waals surface area contributed by atoms with Gasteiger partial charge in [-0.25, -0.2) is 9.97 Å². The Morgan fingerprint density at radius 1 is 0.953 bits per heavy atom. The molecule has 5 heterocycles. The minimum Gasteiger partial charge on any atom is -0.489 e. The Balaban J connectivity index is 0.881. The molecule has 8 rings (SSSR count). The van der Waals surface area contributed by atoms with Crippen LogP contribution in [-0.2, 0) is 22.7 Å². The second-order valence-electron chi connectivity index (χ2n) is 13.0. The first kappa shape index (κ1) is 26.6. The zero-order valence-corrected chi connectivity index (χ0v) is 24.2. The molecule has 0 spiro atoms. The van der Waals surface area contributed by atoms with Gasteiger partial charge >= 0.3 is 0 Å². The molecule has 2 aromatic carbocycles. The summed E-state index contributed by atoms with van der Waals surface area (Å²) >= 11 is 0. The van der Waals surface area contributed by atoms with Crippen molar-refractivity contribution in [3.05, 3.63) is 59.3 Å². The van der Waals surface area contributed by atoms with Crippen molar-refractivity contribution in [2.24, 2.45) is 11.8 Å². The standard InChI is InChI=1S/C33H36N6O4/c40-30-8-7-29(31(41)36-30)39-18-24-13-25(4-5-27(24)32(39)42)43-26-9-10-37(19-26)15-22-3-6-28-23(12-22)14-34-33(35-28)38-16-20-1-2-21(11-20)17-38/h3-6,12-14,20-21,26,29H,1-2,7-11,15-19H2,(H,36,40,41)/t20-,21+,26-,29?/m0/s1. The van der Waals surface area contributed by atoms with E-state index in [2.05, 4.69) is 33.3 Å². The summed E-state index contributed by atoms with van der Waals surface area (Å²) < 4.78 is 6.36. The summed E-state index contributed by atoms with van der Waals surface area (Å²) in [7, 11) is 0. The molecular formula is C33H36N6O4. The molecule has 4 aliphatic heterocycles. The summed E-state index contributed by atoms with van der Waals surface area (Å²) in [6.45, 7) is 5.13. The van der Waals surface area contributed by atoms with Gasteiger partial charge in [-0.15, -0.1) is 0 Å². The van der Waals surface area contributed by atoms with Crippen LogP contribution in [0.3, 0.4) is 0 Å². The van der Waals surface area contributed by atoms with Gasteiger partial charge in [0.2, 0.25) is 17.8 Å². The van der Waals surface area contributed by atoms with E-state index in [4.69, 9.17) is 14.7 Å². The zero-order valence-electron chi connectivity index (χ0n) is 24.2. The predicted molar refractivity (Wildman–Crippen MR) is 159 cm³/mol. The quantitative estimate of drug-likeness (QED) is 0.443. The first-order valence-electron chi connectivity index (χ1n) is 15.6. The lowest BCUT2D eigenvalue weighted by Crippen LogP contribution is -2.52. The molecule has 3 saturated heterocycles. The van der Waals surface area contributed by atoms with Gasteiger partial charge in [0.25, 0.3) is 5.91 Å². The zero-order chi connectivity index (χ0) is 29.1. The van der Waals surface area contributed by atoms with E-state index >= 15 is 0 Å². The van der Waals surface area contributed by atoms with Crippen LogP contribution in [0, 0.1) is 11.8 Å². The number of rotatable bonds is 6. The van der Waals surface area contributed by atoms with Crippen molar-refractivity contribution in [3.63, 3.8) is 0 Å². The van der Waals surface area contributed by atoms with Crippen LogP contribution in [0.15, 0.2) is 42.6 Å². The summed E-state index contributed by atoms with van der Waals surface area (Å²) in [5.41, 5.74) is 3.70. The van der Waals surface area contributed by atoms with Crippen molar-refractivity contribution in [3.8, 4) is 5.75 Å². The maximum absolute atomic E-state index is 13.0. The lowest BCUT2D eigenvalue weighted by Gasteiger charge is -2.31. The van der Waals surface area contributed by atoms with Crippen molar-refractivity contribution < 1.29 is 19.1 Å². The van der Waals surface area contributed by atoms with Crippen LogP contribution in [-0.4, -0.2) is 75.8 Å². The van der Waals surface area contributed by atoms with Crippen LogP contribution in [0.5, 0.6) is 5.75 Å². The Labute approximate surface area is 250 Å². The van der Waals surface area contributed by atoms with Gasteiger partial charge in [0.1, 0.15) is 17.9 Å². The third kappa shape index (κ3) is 5.11. The number of fused-ring (bicyclic) bond motifs is 4. The van der Waals surface area contributed by atoms with Gasteiger partial charge < -0.3 is 14.5 Å². The lowest BCUT2D eigenvalue weighted by molar-refractivity contribution is -0.136. The minimum absolute atomic E-state index is 0.0626. The summed E-state index contributed by atoms with van der Waals surface area (Å²) in [6.07, 6.45) is 7.64. The molecule has 2 bridgehead atoms. The molecule has 43 heavy (non-hydrogen) atoms. The Bertz CT molecular complexity index is 1610. The Kier molecular flexibility index (Phi) is 6.54. The molecule has 0 radical (unpaired) electrons. The average Bonchev–Trinajstić information content (AvgIpc) is 3.68. The molecule has 1 aliphatic carbocycles. The van der Waals surface area contributed by atoms with Crippen molar-refractivity contribution in [1.29, 1.82) is 0 Å². The van der Waals surface area contributed by atoms with E-state index in [0.717, 1.165) is 79.1 Å². The number of carbonyl (C=O) groups excluding carboxylic acids is 3. The first-order chi connectivity index (χ1) is 20.9. The fourth-order valence-corrected chi connectivity index (χ4v) is 7.81. The first-order valence-corrected chi connectivity index (χ1v) is 15.6. The normalized spacial score (nSPS) is 27.2. The van der Waals surface area contributed by atoms with Crippen molar-refractivity contribution in [2.45, 2.75) is 63.8 Å². The highest BCUT2D eigenvalue weighted by Crippen LogP contribution is 2.37. The van der Waals surface area contributed by atoms with Gasteiger partial charge in [0.05, 0.1) is 5.52 Å². The third-order valence-electron chi connectivity index (χ3n) is 9.95. The molecule has 3 amide bonds. The van der Waals surface area contributed by atoms with Crippen LogP contribution >= 0.6 is 0 Å². The van der Waals surface area contributed by atoms with Crippen molar-refractivity contribution in [1.82, 2.24) is 25.1 Å². The molecule has 4 fully saturated rings. The molecule has 10 heteroatoms. The smallest absolute Gasteiger partial charge is 0.255 e. The molecule has 1 unspecified atom stereocenters. The molecule has 3 aromatic rings. The van der Waals surface area contributed by atoms with E-state index < -0.39 is 11.9 Å². The number of ether oxygens (including phenoxy) is 1. The minimum atomic E-state index is -0.612. The number of hydrogen-bond donors (Lipinski definition) is 1. The molecule has 4 atom stereocenters. The van der Waals surface area contributed by atoms with Crippen molar-refractivity contribution in [2.75, 3.05) is 31.1 Å². The monoisotopic (exact) mass is 580 g/mol. The van der Waals surface area contributed by atoms with Crippen LogP contribution in [0.2, 0.25) is 0 Å². The van der Waals surface area contributed by atoms with Gasteiger partial charge in [0, 0.05) is 62.8 Å². The van der Waals surface area contributed by atoms with E-state index in [9.17, 15) is 14.4 Å². The number of likely N-dealkylation sites (tertiary alicyclic amines) is 1. The Hall–Kier alpha value is -4.05. The van der Waals surface area contributed by atoms with Gasteiger partial charge in [-0.2, -0.15) is 0 Å². The Morgan fingerprint density at radius 3 is 2.65 bits per heavy atom. The molecular weight excluding hydrogens is 544 g/mol. The fraction of sp³-hybridized carbons (Fsp3) is 0.485. The second-order valence-corrected chi connectivity index (χ2v) is 13.0. The lowest BCUT2D eigenvalue weighted by atomic mass is 9.99. The number of piperidine rings is 2. The van der Waals surface area contributed by atoms with Crippen LogP contribution in [0.25, 0.3) is 10.9 Å². The summed E-state index contributed by atoms with van der Waals surface area (Å²) in [5, 5.41) is 3.43. The summed E-state index contributed by atoms with van der Waals surface area (Å²) in [4.78, 5) is 52.9. The van der Waals surface area contributed by atoms with Gasteiger partial charge in [0.15, 0.2) is 0 Å². The predicted octanol–water partition coefficient (Wildman–Crippen LogP) is 3.28. The van der Waals surface area contributed by atoms with Crippen LogP contribution in [0.1, 0.15) is 60.0 Å². The van der Waals surface area contributed by atoms with Crippen molar-refractivity contribution >= 4 is 34.6 Å². The molecule has 10 nitrogen and oxygen atoms in total. The number of imide groups is 1. The maximum atomic E-state index is 13.0. The number of aromatic nitrogens is 2. The van der Waals surface area contributed by atoms with Gasteiger partial charge in [-0.1, -0.05) is 6.07 Å². The largest absolute Gasteiger partial charge is 0.489 e. The average molecular weight is 581 g/mol. The van der Waals surface area contributed by atoms with Gasteiger partial charge in [-0.3, -0.25) is 24.6 Å². The molecule has 1 N–H and O–H groups in total. The SMILES string of the molecule is O=C1CCC(N2Cc3cc(O[C@H]4CCN(Cc5ccc6nc(N7C[C@@H]8CC[C@@H](C8)C7)ncc6c5)C4)ccc3C2=O)C(=O)N1. The number of amides is 3. The highest BCUT2D eigenvalue weighted by molar-refractivity contribution is 6.05. The van der Waals surface area contributed by atoms with Crippen LogP contribution in [0.4, 0.5) is 5.95 Å². The number of anilines is 1.